The Hall–Kier alpha value is -0.540. The van der Waals surface area contributed by atoms with Crippen LogP contribution in [0.2, 0.25) is 5.02 Å². The van der Waals surface area contributed by atoms with E-state index in [0.29, 0.717) is 10.6 Å². The Kier molecular flexibility index (Phi) is 2.91. The molecule has 1 N–H and O–H groups in total. The van der Waals surface area contributed by atoms with E-state index in [9.17, 15) is 0 Å². The van der Waals surface area contributed by atoms with E-state index < -0.39 is 0 Å². The number of oxime groups is 1. The lowest BCUT2D eigenvalue weighted by Gasteiger charge is -1.98. The molecule has 0 atom stereocenters. The van der Waals surface area contributed by atoms with Gasteiger partial charge in [-0.2, -0.15) is 0 Å². The molecule has 0 spiro atoms. The van der Waals surface area contributed by atoms with Crippen molar-refractivity contribution in [3.05, 3.63) is 33.3 Å². The summed E-state index contributed by atoms with van der Waals surface area (Å²) in [5.74, 6) is 0. The Labute approximate surface area is 77.6 Å². The van der Waals surface area contributed by atoms with Gasteiger partial charge >= 0.3 is 0 Å². The van der Waals surface area contributed by atoms with Crippen molar-refractivity contribution in [2.75, 3.05) is 0 Å². The summed E-state index contributed by atoms with van der Waals surface area (Å²) in [5.41, 5.74) is 0.677. The lowest BCUT2D eigenvalue weighted by molar-refractivity contribution is 0.322. The molecular formula is C7H5BrClNO. The molecule has 1 aromatic rings. The summed E-state index contributed by atoms with van der Waals surface area (Å²) < 4.78 is 0.808. The van der Waals surface area contributed by atoms with Crippen LogP contribution in [0, 0.1) is 0 Å². The largest absolute Gasteiger partial charge is 0.411 e. The lowest BCUT2D eigenvalue weighted by Crippen LogP contribution is -1.84. The molecular weight excluding hydrogens is 229 g/mol. The second-order valence-electron chi connectivity index (χ2n) is 1.88. The van der Waals surface area contributed by atoms with Crippen LogP contribution in [0.25, 0.3) is 0 Å². The van der Waals surface area contributed by atoms with Crippen LogP contribution >= 0.6 is 27.5 Å². The van der Waals surface area contributed by atoms with Gasteiger partial charge in [-0.25, -0.2) is 0 Å². The highest BCUT2D eigenvalue weighted by Gasteiger charge is 2.00. The summed E-state index contributed by atoms with van der Waals surface area (Å²) >= 11 is 9.04. The molecule has 0 aliphatic heterocycles. The smallest absolute Gasteiger partial charge is 0.0760 e. The molecule has 0 saturated heterocycles. The van der Waals surface area contributed by atoms with Crippen molar-refractivity contribution in [1.29, 1.82) is 0 Å². The van der Waals surface area contributed by atoms with Crippen molar-refractivity contribution in [1.82, 2.24) is 0 Å². The molecule has 0 aromatic heterocycles. The molecule has 0 fully saturated rings. The third-order valence-corrected chi connectivity index (χ3v) is 2.21. The molecule has 0 aliphatic carbocycles. The molecule has 0 amide bonds. The van der Waals surface area contributed by atoms with Crippen LogP contribution < -0.4 is 0 Å². The van der Waals surface area contributed by atoms with Crippen molar-refractivity contribution in [3.8, 4) is 0 Å². The Morgan fingerprint density at radius 1 is 1.55 bits per heavy atom. The summed E-state index contributed by atoms with van der Waals surface area (Å²) in [6, 6.07) is 5.35. The second-order valence-corrected chi connectivity index (χ2v) is 3.14. The quantitative estimate of drug-likeness (QED) is 0.452. The van der Waals surface area contributed by atoms with Gasteiger partial charge in [0.2, 0.25) is 0 Å². The first kappa shape index (κ1) is 8.56. The molecule has 11 heavy (non-hydrogen) atoms. The molecule has 1 rings (SSSR count). The van der Waals surface area contributed by atoms with Crippen molar-refractivity contribution in [2.24, 2.45) is 5.16 Å². The number of rotatable bonds is 1. The molecule has 1 aromatic carbocycles. The maximum atomic E-state index is 8.26. The average molecular weight is 234 g/mol. The molecule has 2 nitrogen and oxygen atoms in total. The van der Waals surface area contributed by atoms with E-state index in [-0.39, 0.29) is 0 Å². The van der Waals surface area contributed by atoms with E-state index in [1.165, 1.54) is 6.21 Å². The van der Waals surface area contributed by atoms with Gasteiger partial charge in [0.05, 0.1) is 11.2 Å². The maximum Gasteiger partial charge on any atom is 0.0760 e. The molecule has 0 unspecified atom stereocenters. The van der Waals surface area contributed by atoms with Crippen LogP contribution in [0.5, 0.6) is 0 Å². The fraction of sp³-hybridized carbons (Fsp3) is 0. The van der Waals surface area contributed by atoms with E-state index in [4.69, 9.17) is 16.8 Å². The van der Waals surface area contributed by atoms with Gasteiger partial charge in [-0.05, 0) is 12.1 Å². The second kappa shape index (κ2) is 3.74. The van der Waals surface area contributed by atoms with Gasteiger partial charge in [-0.1, -0.05) is 38.8 Å². The number of hydrogen-bond acceptors (Lipinski definition) is 2. The summed E-state index contributed by atoms with van der Waals surface area (Å²) in [7, 11) is 0. The van der Waals surface area contributed by atoms with E-state index in [1.54, 1.807) is 12.1 Å². The zero-order chi connectivity index (χ0) is 8.27. The standard InChI is InChI=1S/C7H5BrClNO/c8-6-2-1-3-7(9)5(6)4-10-11/h1-4,11H. The number of benzene rings is 1. The van der Waals surface area contributed by atoms with Gasteiger partial charge in [0.25, 0.3) is 0 Å². The Balaban J connectivity index is 3.20. The number of hydrogen-bond donors (Lipinski definition) is 1. The topological polar surface area (TPSA) is 32.6 Å². The monoisotopic (exact) mass is 233 g/mol. The van der Waals surface area contributed by atoms with Gasteiger partial charge in [0.1, 0.15) is 0 Å². The molecule has 0 bridgehead atoms. The van der Waals surface area contributed by atoms with Crippen molar-refractivity contribution in [3.63, 3.8) is 0 Å². The highest BCUT2D eigenvalue weighted by atomic mass is 79.9. The predicted octanol–water partition coefficient (Wildman–Crippen LogP) is 2.91. The third kappa shape index (κ3) is 1.94. The highest BCUT2D eigenvalue weighted by molar-refractivity contribution is 9.10. The van der Waals surface area contributed by atoms with E-state index in [0.717, 1.165) is 4.47 Å². The van der Waals surface area contributed by atoms with E-state index >= 15 is 0 Å². The van der Waals surface area contributed by atoms with Crippen LogP contribution in [0.3, 0.4) is 0 Å². The van der Waals surface area contributed by atoms with Crippen molar-refractivity contribution < 1.29 is 5.21 Å². The van der Waals surface area contributed by atoms with Crippen LogP contribution in [0.1, 0.15) is 5.56 Å². The van der Waals surface area contributed by atoms with Gasteiger partial charge in [0, 0.05) is 10.0 Å². The number of nitrogens with zero attached hydrogens (tertiary/aromatic N) is 1. The van der Waals surface area contributed by atoms with Gasteiger partial charge in [-0.15, -0.1) is 0 Å². The summed E-state index contributed by atoms with van der Waals surface area (Å²) in [6.07, 6.45) is 1.28. The third-order valence-electron chi connectivity index (χ3n) is 1.19. The van der Waals surface area contributed by atoms with Gasteiger partial charge in [0.15, 0.2) is 0 Å². The molecule has 0 radical (unpaired) electrons. The van der Waals surface area contributed by atoms with Gasteiger partial charge in [-0.3, -0.25) is 0 Å². The van der Waals surface area contributed by atoms with Crippen molar-refractivity contribution in [2.45, 2.75) is 0 Å². The lowest BCUT2D eigenvalue weighted by atomic mass is 10.2. The summed E-state index contributed by atoms with van der Waals surface area (Å²) in [5, 5.41) is 11.7. The summed E-state index contributed by atoms with van der Waals surface area (Å²) in [6.45, 7) is 0. The maximum absolute atomic E-state index is 8.26. The minimum atomic E-state index is 0.553. The van der Waals surface area contributed by atoms with Gasteiger partial charge < -0.3 is 5.21 Å². The molecule has 58 valence electrons. The zero-order valence-electron chi connectivity index (χ0n) is 5.46. The SMILES string of the molecule is ON=Cc1c(Cl)cccc1Br. The first-order chi connectivity index (χ1) is 5.25. The first-order valence-corrected chi connectivity index (χ1v) is 4.04. The fourth-order valence-corrected chi connectivity index (χ4v) is 1.50. The zero-order valence-corrected chi connectivity index (χ0v) is 7.80. The molecule has 0 aliphatic rings. The van der Waals surface area contributed by atoms with Crippen molar-refractivity contribution >= 4 is 33.7 Å². The number of halogens is 2. The van der Waals surface area contributed by atoms with Crippen LogP contribution in [-0.4, -0.2) is 11.4 Å². The fourth-order valence-electron chi connectivity index (χ4n) is 0.692. The minimum absolute atomic E-state index is 0.553. The van der Waals surface area contributed by atoms with E-state index in [1.807, 2.05) is 6.07 Å². The van der Waals surface area contributed by atoms with Crippen LogP contribution in [-0.2, 0) is 0 Å². The normalized spacial score (nSPS) is 10.7. The molecule has 0 saturated carbocycles. The molecule has 0 heterocycles. The highest BCUT2D eigenvalue weighted by Crippen LogP contribution is 2.22. The Morgan fingerprint density at radius 3 is 2.82 bits per heavy atom. The predicted molar refractivity (Wildman–Crippen MR) is 48.5 cm³/mol. The Morgan fingerprint density at radius 2 is 2.27 bits per heavy atom. The Bertz CT molecular complexity index is 268. The summed E-state index contributed by atoms with van der Waals surface area (Å²) in [4.78, 5) is 0. The van der Waals surface area contributed by atoms with Crippen LogP contribution in [0.4, 0.5) is 0 Å². The molecule has 4 heteroatoms. The van der Waals surface area contributed by atoms with E-state index in [2.05, 4.69) is 21.1 Å². The van der Waals surface area contributed by atoms with Crippen LogP contribution in [0.15, 0.2) is 27.8 Å². The minimum Gasteiger partial charge on any atom is -0.411 e. The average Bonchev–Trinajstić information content (AvgIpc) is 1.97. The first-order valence-electron chi connectivity index (χ1n) is 2.87.